The molecule has 1 amide bonds. The Hall–Kier alpha value is -2.95. The molecule has 0 saturated carbocycles. The van der Waals surface area contributed by atoms with Crippen LogP contribution in [0.4, 0.5) is 5.82 Å². The van der Waals surface area contributed by atoms with Crippen molar-refractivity contribution >= 4 is 22.5 Å². The van der Waals surface area contributed by atoms with Gasteiger partial charge >= 0.3 is 0 Å². The third-order valence-corrected chi connectivity index (χ3v) is 6.09. The SMILES string of the molecule is Cc1nc2c(c(N3CCCCC3)n1)CN(C(=O)c1ccc3ccccc3c1)CC2. The van der Waals surface area contributed by atoms with Crippen molar-refractivity contribution in [3.63, 3.8) is 0 Å². The summed E-state index contributed by atoms with van der Waals surface area (Å²) < 4.78 is 0. The first kappa shape index (κ1) is 18.1. The summed E-state index contributed by atoms with van der Waals surface area (Å²) in [5.41, 5.74) is 3.00. The second-order valence-corrected chi connectivity index (χ2v) is 8.11. The molecule has 5 heteroatoms. The van der Waals surface area contributed by atoms with Gasteiger partial charge in [-0.2, -0.15) is 0 Å². The molecule has 0 aliphatic carbocycles. The first-order valence-corrected chi connectivity index (χ1v) is 10.6. The molecule has 0 radical (unpaired) electrons. The van der Waals surface area contributed by atoms with Gasteiger partial charge in [-0.1, -0.05) is 30.3 Å². The third-order valence-electron chi connectivity index (χ3n) is 6.09. The lowest BCUT2D eigenvalue weighted by Gasteiger charge is -2.34. The average Bonchev–Trinajstić information content (AvgIpc) is 2.78. The molecule has 1 saturated heterocycles. The summed E-state index contributed by atoms with van der Waals surface area (Å²) in [5, 5.41) is 2.26. The molecule has 0 spiro atoms. The van der Waals surface area contributed by atoms with E-state index in [9.17, 15) is 4.79 Å². The van der Waals surface area contributed by atoms with Crippen LogP contribution >= 0.6 is 0 Å². The van der Waals surface area contributed by atoms with Crippen molar-refractivity contribution in [1.29, 1.82) is 0 Å². The highest BCUT2D eigenvalue weighted by Crippen LogP contribution is 2.29. The maximum atomic E-state index is 13.3. The second-order valence-electron chi connectivity index (χ2n) is 8.11. The Morgan fingerprint density at radius 3 is 2.55 bits per heavy atom. The number of piperidine rings is 1. The Morgan fingerprint density at radius 1 is 0.931 bits per heavy atom. The summed E-state index contributed by atoms with van der Waals surface area (Å²) in [5.74, 6) is 1.97. The van der Waals surface area contributed by atoms with E-state index in [1.165, 1.54) is 19.3 Å². The van der Waals surface area contributed by atoms with Crippen molar-refractivity contribution < 1.29 is 4.79 Å². The van der Waals surface area contributed by atoms with Gasteiger partial charge in [0, 0.05) is 37.2 Å². The number of carbonyl (C=O) groups excluding carboxylic acids is 1. The molecule has 2 aromatic carbocycles. The summed E-state index contributed by atoms with van der Waals surface area (Å²) in [6.07, 6.45) is 4.49. The smallest absolute Gasteiger partial charge is 0.254 e. The number of carbonyl (C=O) groups is 1. The van der Waals surface area contributed by atoms with E-state index in [1.54, 1.807) is 0 Å². The van der Waals surface area contributed by atoms with E-state index in [2.05, 4.69) is 17.0 Å². The van der Waals surface area contributed by atoms with Crippen LogP contribution in [-0.2, 0) is 13.0 Å². The number of aryl methyl sites for hydroxylation is 1. The Morgan fingerprint density at radius 2 is 1.72 bits per heavy atom. The molecule has 0 N–H and O–H groups in total. The molecule has 2 aliphatic rings. The molecular formula is C24H26N4O. The van der Waals surface area contributed by atoms with Crippen LogP contribution in [0, 0.1) is 6.92 Å². The van der Waals surface area contributed by atoms with Crippen LogP contribution in [0.2, 0.25) is 0 Å². The Kier molecular flexibility index (Phi) is 4.66. The van der Waals surface area contributed by atoms with Gasteiger partial charge in [-0.15, -0.1) is 0 Å². The number of amides is 1. The van der Waals surface area contributed by atoms with E-state index >= 15 is 0 Å². The van der Waals surface area contributed by atoms with Gasteiger partial charge in [-0.05, 0) is 49.1 Å². The normalized spacial score (nSPS) is 16.7. The lowest BCUT2D eigenvalue weighted by atomic mass is 10.0. The van der Waals surface area contributed by atoms with Crippen LogP contribution < -0.4 is 4.90 Å². The van der Waals surface area contributed by atoms with Gasteiger partial charge in [0.2, 0.25) is 0 Å². The van der Waals surface area contributed by atoms with E-state index < -0.39 is 0 Å². The third kappa shape index (κ3) is 3.46. The number of benzene rings is 2. The van der Waals surface area contributed by atoms with Crippen molar-refractivity contribution in [2.75, 3.05) is 24.5 Å². The van der Waals surface area contributed by atoms with Gasteiger partial charge in [0.25, 0.3) is 5.91 Å². The molecule has 3 heterocycles. The number of rotatable bonds is 2. The van der Waals surface area contributed by atoms with Crippen LogP contribution in [0.25, 0.3) is 10.8 Å². The molecule has 1 aromatic heterocycles. The maximum Gasteiger partial charge on any atom is 0.254 e. The Labute approximate surface area is 171 Å². The fraction of sp³-hybridized carbons (Fsp3) is 0.375. The maximum absolute atomic E-state index is 13.3. The predicted octanol–water partition coefficient (Wildman–Crippen LogP) is 4.13. The fourth-order valence-electron chi connectivity index (χ4n) is 4.56. The summed E-state index contributed by atoms with van der Waals surface area (Å²) in [6.45, 7) is 5.35. The minimum atomic E-state index is 0.0894. The molecule has 2 aliphatic heterocycles. The molecule has 3 aromatic rings. The first-order valence-electron chi connectivity index (χ1n) is 10.6. The van der Waals surface area contributed by atoms with Crippen molar-refractivity contribution in [1.82, 2.24) is 14.9 Å². The number of fused-ring (bicyclic) bond motifs is 2. The highest BCUT2D eigenvalue weighted by molar-refractivity contribution is 5.98. The molecule has 0 atom stereocenters. The summed E-state index contributed by atoms with van der Waals surface area (Å²) >= 11 is 0. The van der Waals surface area contributed by atoms with E-state index in [4.69, 9.17) is 9.97 Å². The van der Waals surface area contributed by atoms with Crippen molar-refractivity contribution in [2.24, 2.45) is 0 Å². The van der Waals surface area contributed by atoms with E-state index in [0.717, 1.165) is 58.7 Å². The first-order chi connectivity index (χ1) is 14.2. The van der Waals surface area contributed by atoms with E-state index in [0.29, 0.717) is 13.1 Å². The number of anilines is 1. The van der Waals surface area contributed by atoms with Crippen molar-refractivity contribution in [3.8, 4) is 0 Å². The Balaban J connectivity index is 1.45. The molecule has 5 nitrogen and oxygen atoms in total. The highest BCUT2D eigenvalue weighted by atomic mass is 16.2. The molecule has 148 valence electrons. The van der Waals surface area contributed by atoms with Crippen LogP contribution in [0.3, 0.4) is 0 Å². The minimum absolute atomic E-state index is 0.0894. The number of hydrogen-bond acceptors (Lipinski definition) is 4. The lowest BCUT2D eigenvalue weighted by molar-refractivity contribution is 0.0733. The fourth-order valence-corrected chi connectivity index (χ4v) is 4.56. The van der Waals surface area contributed by atoms with E-state index in [1.807, 2.05) is 42.2 Å². The van der Waals surface area contributed by atoms with Crippen LogP contribution in [-0.4, -0.2) is 40.4 Å². The highest BCUT2D eigenvalue weighted by Gasteiger charge is 2.28. The standard InChI is InChI=1S/C24H26N4O/c1-17-25-22-11-14-28(16-21(22)23(26-17)27-12-5-2-6-13-27)24(29)20-10-9-18-7-3-4-8-19(18)15-20/h3-4,7-10,15H,2,5-6,11-14,16H2,1H3. The van der Waals surface area contributed by atoms with Crippen LogP contribution in [0.5, 0.6) is 0 Å². The zero-order valence-electron chi connectivity index (χ0n) is 16.9. The quantitative estimate of drug-likeness (QED) is 0.665. The largest absolute Gasteiger partial charge is 0.356 e. The predicted molar refractivity (Wildman–Crippen MR) is 115 cm³/mol. The molecule has 0 bridgehead atoms. The summed E-state index contributed by atoms with van der Waals surface area (Å²) in [4.78, 5) is 27.1. The molecular weight excluding hydrogens is 360 g/mol. The lowest BCUT2D eigenvalue weighted by Crippen LogP contribution is -2.39. The van der Waals surface area contributed by atoms with Gasteiger partial charge in [-0.25, -0.2) is 9.97 Å². The van der Waals surface area contributed by atoms with E-state index in [-0.39, 0.29) is 5.91 Å². The van der Waals surface area contributed by atoms with Gasteiger partial charge in [-0.3, -0.25) is 4.79 Å². The van der Waals surface area contributed by atoms with Gasteiger partial charge in [0.05, 0.1) is 12.2 Å². The number of aromatic nitrogens is 2. The zero-order chi connectivity index (χ0) is 19.8. The number of nitrogens with zero attached hydrogens (tertiary/aromatic N) is 4. The van der Waals surface area contributed by atoms with Crippen molar-refractivity contribution in [2.45, 2.75) is 39.2 Å². The summed E-state index contributed by atoms with van der Waals surface area (Å²) in [6, 6.07) is 14.1. The minimum Gasteiger partial charge on any atom is -0.356 e. The van der Waals surface area contributed by atoms with Gasteiger partial charge < -0.3 is 9.80 Å². The van der Waals surface area contributed by atoms with Crippen LogP contribution in [0.1, 0.15) is 46.7 Å². The van der Waals surface area contributed by atoms with Crippen molar-refractivity contribution in [3.05, 3.63) is 65.1 Å². The average molecular weight is 386 g/mol. The Bertz CT molecular complexity index is 1070. The molecule has 5 rings (SSSR count). The topological polar surface area (TPSA) is 49.3 Å². The van der Waals surface area contributed by atoms with Crippen LogP contribution in [0.15, 0.2) is 42.5 Å². The molecule has 29 heavy (non-hydrogen) atoms. The number of hydrogen-bond donors (Lipinski definition) is 0. The monoisotopic (exact) mass is 386 g/mol. The van der Waals surface area contributed by atoms with Gasteiger partial charge in [0.15, 0.2) is 0 Å². The summed E-state index contributed by atoms with van der Waals surface area (Å²) in [7, 11) is 0. The zero-order valence-corrected chi connectivity index (χ0v) is 16.9. The second kappa shape index (κ2) is 7.47. The molecule has 0 unspecified atom stereocenters. The molecule has 1 fully saturated rings. The van der Waals surface area contributed by atoms with Gasteiger partial charge in [0.1, 0.15) is 11.6 Å².